The Morgan fingerprint density at radius 3 is 1.68 bits per heavy atom. The highest BCUT2D eigenvalue weighted by Gasteiger charge is 2.20. The number of rotatable bonds is 10. The number of benzene rings is 2. The van der Waals surface area contributed by atoms with E-state index in [4.69, 9.17) is 19.6 Å². The maximum Gasteiger partial charge on any atom is 0.373 e. The molecule has 0 unspecified atom stereocenters. The van der Waals surface area contributed by atoms with Crippen molar-refractivity contribution in [2.24, 2.45) is 0 Å². The summed E-state index contributed by atoms with van der Waals surface area (Å²) in [6.07, 6.45) is 2.12. The summed E-state index contributed by atoms with van der Waals surface area (Å²) in [5.41, 5.74) is 2.33. The highest BCUT2D eigenvalue weighted by atomic mass is 17.3. The van der Waals surface area contributed by atoms with Gasteiger partial charge in [-0.15, -0.1) is 9.78 Å². The smallest absolute Gasteiger partial charge is 0.290 e. The topological polar surface area (TPSA) is 71.1 Å². The summed E-state index contributed by atoms with van der Waals surface area (Å²) in [5, 5.41) is 0. The Morgan fingerprint density at radius 2 is 1.25 bits per heavy atom. The Labute approximate surface area is 165 Å². The minimum atomic E-state index is -1.01. The van der Waals surface area contributed by atoms with Crippen molar-refractivity contribution >= 4 is 11.9 Å². The van der Waals surface area contributed by atoms with E-state index < -0.39 is 18.2 Å². The summed E-state index contributed by atoms with van der Waals surface area (Å²) in [4.78, 5) is 44.5. The van der Waals surface area contributed by atoms with Crippen LogP contribution in [-0.2, 0) is 19.6 Å². The van der Waals surface area contributed by atoms with Gasteiger partial charge in [-0.3, -0.25) is 9.78 Å². The second-order valence-corrected chi connectivity index (χ2v) is 6.49. The quantitative estimate of drug-likeness (QED) is 0.245. The second-order valence-electron chi connectivity index (χ2n) is 6.49. The van der Waals surface area contributed by atoms with Crippen molar-refractivity contribution in [2.75, 3.05) is 0 Å². The van der Waals surface area contributed by atoms with E-state index in [9.17, 15) is 9.59 Å². The Bertz CT molecular complexity index is 725. The van der Waals surface area contributed by atoms with Gasteiger partial charge in [0.15, 0.2) is 0 Å². The molecule has 0 spiro atoms. The van der Waals surface area contributed by atoms with Gasteiger partial charge in [-0.05, 0) is 43.5 Å². The third-order valence-corrected chi connectivity index (χ3v) is 4.24. The normalized spacial score (nSPS) is 10.7. The monoisotopic (exact) mass is 386 g/mol. The molecule has 6 nitrogen and oxygen atoms in total. The van der Waals surface area contributed by atoms with Crippen molar-refractivity contribution in [3.8, 4) is 0 Å². The molecule has 0 N–H and O–H groups in total. The molecule has 0 aliphatic heterocycles. The first-order valence-corrected chi connectivity index (χ1v) is 9.39. The van der Waals surface area contributed by atoms with Crippen molar-refractivity contribution in [2.45, 2.75) is 52.7 Å². The van der Waals surface area contributed by atoms with E-state index in [1.807, 2.05) is 12.1 Å². The molecule has 150 valence electrons. The molecule has 0 aromatic heterocycles. The van der Waals surface area contributed by atoms with Gasteiger partial charge in [-0.1, -0.05) is 56.2 Å². The first kappa shape index (κ1) is 21.6. The highest BCUT2D eigenvalue weighted by molar-refractivity contribution is 5.91. The predicted octanol–water partition coefficient (Wildman–Crippen LogP) is 5.09. The molecule has 0 saturated carbocycles. The maximum atomic E-state index is 12.2. The fraction of sp³-hybridized carbons (Fsp3) is 0.364. The molecule has 0 saturated heterocycles. The van der Waals surface area contributed by atoms with Gasteiger partial charge in [0.2, 0.25) is 6.29 Å². The summed E-state index contributed by atoms with van der Waals surface area (Å²) < 4.78 is 0. The number of aryl methyl sites for hydroxylation is 2. The zero-order valence-corrected chi connectivity index (χ0v) is 16.5. The van der Waals surface area contributed by atoms with Crippen LogP contribution in [-0.4, -0.2) is 18.2 Å². The molecule has 0 bridgehead atoms. The van der Waals surface area contributed by atoms with Gasteiger partial charge in [0.05, 0.1) is 11.1 Å². The van der Waals surface area contributed by atoms with Gasteiger partial charge in [-0.25, -0.2) is 9.59 Å². The van der Waals surface area contributed by atoms with Crippen molar-refractivity contribution in [1.29, 1.82) is 0 Å². The minimum Gasteiger partial charge on any atom is -0.290 e. The molecule has 0 amide bonds. The van der Waals surface area contributed by atoms with E-state index >= 15 is 0 Å². The average Bonchev–Trinajstić information content (AvgIpc) is 2.70. The Morgan fingerprint density at radius 1 is 0.786 bits per heavy atom. The van der Waals surface area contributed by atoms with Gasteiger partial charge in [0.25, 0.3) is 0 Å². The highest BCUT2D eigenvalue weighted by Crippen LogP contribution is 2.15. The molecular formula is C22H26O6. The van der Waals surface area contributed by atoms with Crippen LogP contribution in [0.15, 0.2) is 48.5 Å². The average molecular weight is 386 g/mol. The Hall–Kier alpha value is -2.70. The van der Waals surface area contributed by atoms with E-state index in [0.717, 1.165) is 30.4 Å². The van der Waals surface area contributed by atoms with Crippen LogP contribution >= 0.6 is 0 Å². The zero-order valence-electron chi connectivity index (χ0n) is 16.5. The Kier molecular flexibility index (Phi) is 8.65. The lowest BCUT2D eigenvalue weighted by Crippen LogP contribution is -2.22. The first-order valence-electron chi connectivity index (χ1n) is 9.39. The molecule has 2 aromatic carbocycles. The van der Waals surface area contributed by atoms with Crippen LogP contribution in [0.2, 0.25) is 0 Å². The van der Waals surface area contributed by atoms with Gasteiger partial charge < -0.3 is 0 Å². The molecule has 28 heavy (non-hydrogen) atoms. The first-order chi connectivity index (χ1) is 13.5. The standard InChI is InChI=1S/C22H26O6/c1-4-5-6-15-20(25-27-21(23)18-13-9-7-11-16(18)2)26-28-22(24)19-14-10-8-12-17(19)3/h7-14,20H,4-6,15H2,1-3H3. The van der Waals surface area contributed by atoms with Crippen molar-refractivity contribution < 1.29 is 29.1 Å². The van der Waals surface area contributed by atoms with Crippen molar-refractivity contribution in [3.05, 3.63) is 70.8 Å². The van der Waals surface area contributed by atoms with Crippen LogP contribution in [0.1, 0.15) is 64.4 Å². The minimum absolute atomic E-state index is 0.395. The van der Waals surface area contributed by atoms with Crippen molar-refractivity contribution in [3.63, 3.8) is 0 Å². The molecule has 0 heterocycles. The molecule has 2 rings (SSSR count). The summed E-state index contributed by atoms with van der Waals surface area (Å²) in [6, 6.07) is 14.0. The van der Waals surface area contributed by atoms with Gasteiger partial charge in [0, 0.05) is 6.42 Å². The summed E-state index contributed by atoms with van der Waals surface area (Å²) >= 11 is 0. The number of unbranched alkanes of at least 4 members (excludes halogenated alkanes) is 2. The number of carbonyl (C=O) groups excluding carboxylic acids is 2. The fourth-order valence-electron chi connectivity index (χ4n) is 2.56. The summed E-state index contributed by atoms with van der Waals surface area (Å²) in [5.74, 6) is -1.26. The Balaban J connectivity index is 1.93. The number of carbonyl (C=O) groups is 2. The van der Waals surface area contributed by atoms with E-state index in [1.54, 1.807) is 50.2 Å². The van der Waals surface area contributed by atoms with Gasteiger partial charge in [0.1, 0.15) is 0 Å². The lowest BCUT2D eigenvalue weighted by atomic mass is 10.1. The third kappa shape index (κ3) is 6.48. The zero-order chi connectivity index (χ0) is 20.4. The SMILES string of the molecule is CCCCCC(OOC(=O)c1ccccc1C)OOC(=O)c1ccccc1C. The predicted molar refractivity (Wildman–Crippen MR) is 103 cm³/mol. The maximum absolute atomic E-state index is 12.2. The molecule has 6 heteroatoms. The molecule has 0 radical (unpaired) electrons. The van der Waals surface area contributed by atoms with Gasteiger partial charge >= 0.3 is 11.9 Å². The van der Waals surface area contributed by atoms with Crippen LogP contribution in [0, 0.1) is 13.8 Å². The number of hydrogen-bond donors (Lipinski definition) is 0. The lowest BCUT2D eigenvalue weighted by molar-refractivity contribution is -0.421. The van der Waals surface area contributed by atoms with E-state index in [2.05, 4.69) is 6.92 Å². The van der Waals surface area contributed by atoms with Crippen LogP contribution in [0.3, 0.4) is 0 Å². The third-order valence-electron chi connectivity index (χ3n) is 4.24. The van der Waals surface area contributed by atoms with Crippen LogP contribution in [0.4, 0.5) is 0 Å². The molecule has 0 atom stereocenters. The van der Waals surface area contributed by atoms with E-state index in [-0.39, 0.29) is 0 Å². The molecule has 0 aliphatic carbocycles. The van der Waals surface area contributed by atoms with Crippen LogP contribution < -0.4 is 0 Å². The number of hydrogen-bond acceptors (Lipinski definition) is 6. The van der Waals surface area contributed by atoms with Gasteiger partial charge in [-0.2, -0.15) is 0 Å². The molecule has 2 aromatic rings. The molecular weight excluding hydrogens is 360 g/mol. The molecule has 0 fully saturated rings. The fourth-order valence-corrected chi connectivity index (χ4v) is 2.56. The van der Waals surface area contributed by atoms with Crippen LogP contribution in [0.25, 0.3) is 0 Å². The lowest BCUT2D eigenvalue weighted by Gasteiger charge is -2.15. The largest absolute Gasteiger partial charge is 0.373 e. The summed E-state index contributed by atoms with van der Waals surface area (Å²) in [6.45, 7) is 5.67. The van der Waals surface area contributed by atoms with Crippen molar-refractivity contribution in [1.82, 2.24) is 0 Å². The van der Waals surface area contributed by atoms with Crippen LogP contribution in [0.5, 0.6) is 0 Å². The molecule has 0 aliphatic rings. The summed E-state index contributed by atoms with van der Waals surface area (Å²) in [7, 11) is 0. The van der Waals surface area contributed by atoms with E-state index in [1.165, 1.54) is 0 Å². The van der Waals surface area contributed by atoms with E-state index in [0.29, 0.717) is 17.5 Å². The second kappa shape index (κ2) is 11.2.